The Kier molecular flexibility index (Phi) is 7.86. The highest BCUT2D eigenvalue weighted by Gasteiger charge is 2.18. The van der Waals surface area contributed by atoms with Gasteiger partial charge in [-0.3, -0.25) is 0 Å². The van der Waals surface area contributed by atoms with Crippen molar-refractivity contribution in [3.8, 4) is 56.7 Å². The van der Waals surface area contributed by atoms with Crippen molar-refractivity contribution in [1.29, 1.82) is 0 Å². The standard InChI is InChI=1S/C53H37N5/c1-34-32-45(53-55-51(37-15-5-3-6-16-37)54-52(56-53)38-17-7-4-8-18-38)35(2)31-44(34)36-25-27-39(28-26-36)57-49-24-14-11-21-43(49)46-33-40(29-30-50(46)57)58-47-22-12-9-19-41(47)42-20-10-13-23-48(42)58/h3-33H,1-2H3. The zero-order valence-corrected chi connectivity index (χ0v) is 32.1. The molecule has 0 aliphatic heterocycles. The van der Waals surface area contributed by atoms with Crippen LogP contribution in [0.3, 0.4) is 0 Å². The zero-order valence-electron chi connectivity index (χ0n) is 32.1. The summed E-state index contributed by atoms with van der Waals surface area (Å²) in [5.74, 6) is 1.99. The molecule has 0 spiro atoms. The van der Waals surface area contributed by atoms with Crippen molar-refractivity contribution in [2.75, 3.05) is 0 Å². The highest BCUT2D eigenvalue weighted by molar-refractivity contribution is 6.12. The first-order valence-electron chi connectivity index (χ1n) is 19.7. The number of hydrogen-bond acceptors (Lipinski definition) is 3. The summed E-state index contributed by atoms with van der Waals surface area (Å²) in [6, 6.07) is 66.7. The lowest BCUT2D eigenvalue weighted by Gasteiger charge is -2.15. The topological polar surface area (TPSA) is 48.5 Å². The smallest absolute Gasteiger partial charge is 0.164 e. The van der Waals surface area contributed by atoms with Crippen molar-refractivity contribution in [3.63, 3.8) is 0 Å². The Balaban J connectivity index is 0.982. The van der Waals surface area contributed by atoms with Crippen LogP contribution in [0, 0.1) is 13.8 Å². The minimum Gasteiger partial charge on any atom is -0.309 e. The van der Waals surface area contributed by atoms with E-state index in [1.807, 2.05) is 60.7 Å². The maximum absolute atomic E-state index is 5.01. The summed E-state index contributed by atoms with van der Waals surface area (Å²) in [6.45, 7) is 4.32. The largest absolute Gasteiger partial charge is 0.309 e. The fourth-order valence-electron chi connectivity index (χ4n) is 8.67. The van der Waals surface area contributed by atoms with Gasteiger partial charge in [0, 0.05) is 49.6 Å². The molecule has 0 aliphatic carbocycles. The molecule has 3 heterocycles. The van der Waals surface area contributed by atoms with Crippen LogP contribution < -0.4 is 0 Å². The minimum atomic E-state index is 0.661. The van der Waals surface area contributed by atoms with Crippen LogP contribution in [-0.2, 0) is 0 Å². The average Bonchev–Trinajstić information content (AvgIpc) is 3.80. The molecule has 0 atom stereocenters. The maximum Gasteiger partial charge on any atom is 0.164 e. The molecule has 0 radical (unpaired) electrons. The number of benzene rings is 8. The maximum atomic E-state index is 5.01. The van der Waals surface area contributed by atoms with Crippen molar-refractivity contribution in [3.05, 3.63) is 199 Å². The molecule has 0 fully saturated rings. The van der Waals surface area contributed by atoms with Gasteiger partial charge in [0.2, 0.25) is 0 Å². The van der Waals surface area contributed by atoms with Crippen LogP contribution >= 0.6 is 0 Å². The first-order chi connectivity index (χ1) is 28.6. The van der Waals surface area contributed by atoms with Gasteiger partial charge in [0.15, 0.2) is 17.5 Å². The van der Waals surface area contributed by atoms with E-state index in [0.29, 0.717) is 17.5 Å². The third kappa shape index (κ3) is 5.51. The monoisotopic (exact) mass is 743 g/mol. The summed E-state index contributed by atoms with van der Waals surface area (Å²) in [5, 5.41) is 4.99. The fraction of sp³-hybridized carbons (Fsp3) is 0.0377. The number of para-hydroxylation sites is 3. The number of hydrogen-bond donors (Lipinski definition) is 0. The van der Waals surface area contributed by atoms with E-state index >= 15 is 0 Å². The van der Waals surface area contributed by atoms with Crippen LogP contribution in [-0.4, -0.2) is 24.1 Å². The first kappa shape index (κ1) is 33.7. The van der Waals surface area contributed by atoms with Gasteiger partial charge in [-0.25, -0.2) is 15.0 Å². The van der Waals surface area contributed by atoms with E-state index in [1.165, 1.54) is 49.2 Å². The van der Waals surface area contributed by atoms with Crippen LogP contribution in [0.15, 0.2) is 188 Å². The van der Waals surface area contributed by atoms with Crippen molar-refractivity contribution in [2.24, 2.45) is 0 Å². The molecular weight excluding hydrogens is 707 g/mol. The quantitative estimate of drug-likeness (QED) is 0.170. The van der Waals surface area contributed by atoms with Crippen molar-refractivity contribution in [1.82, 2.24) is 24.1 Å². The molecule has 5 heteroatoms. The predicted molar refractivity (Wildman–Crippen MR) is 240 cm³/mol. The van der Waals surface area contributed by atoms with Gasteiger partial charge in [0.25, 0.3) is 0 Å². The Morgan fingerprint density at radius 1 is 0.310 bits per heavy atom. The Bertz CT molecular complexity index is 3230. The van der Waals surface area contributed by atoms with Gasteiger partial charge in [-0.05, 0) is 90.7 Å². The molecule has 0 aliphatic rings. The second-order valence-electron chi connectivity index (χ2n) is 15.0. The van der Waals surface area contributed by atoms with Crippen molar-refractivity contribution < 1.29 is 0 Å². The van der Waals surface area contributed by atoms with Gasteiger partial charge in [-0.15, -0.1) is 0 Å². The minimum absolute atomic E-state index is 0.661. The molecule has 0 amide bonds. The number of aryl methyl sites for hydroxylation is 2. The third-order valence-electron chi connectivity index (χ3n) is 11.4. The second kappa shape index (κ2) is 13.5. The number of rotatable bonds is 6. The number of aromatic nitrogens is 5. The van der Waals surface area contributed by atoms with E-state index in [0.717, 1.165) is 44.8 Å². The van der Waals surface area contributed by atoms with E-state index in [9.17, 15) is 0 Å². The summed E-state index contributed by atoms with van der Waals surface area (Å²) in [7, 11) is 0. The van der Waals surface area contributed by atoms with Crippen molar-refractivity contribution >= 4 is 43.6 Å². The molecule has 0 unspecified atom stereocenters. The van der Waals surface area contributed by atoms with E-state index in [-0.39, 0.29) is 0 Å². The van der Waals surface area contributed by atoms with Crippen LogP contribution in [0.4, 0.5) is 0 Å². The lowest BCUT2D eigenvalue weighted by atomic mass is 9.94. The molecule has 0 bridgehead atoms. The van der Waals surface area contributed by atoms with E-state index < -0.39 is 0 Å². The van der Waals surface area contributed by atoms with Crippen LogP contribution in [0.5, 0.6) is 0 Å². The fourth-order valence-corrected chi connectivity index (χ4v) is 8.67. The highest BCUT2D eigenvalue weighted by atomic mass is 15.0. The molecule has 3 aromatic heterocycles. The Morgan fingerprint density at radius 2 is 0.724 bits per heavy atom. The summed E-state index contributed by atoms with van der Waals surface area (Å²) in [5.41, 5.74) is 14.6. The predicted octanol–water partition coefficient (Wildman–Crippen LogP) is 13.4. The van der Waals surface area contributed by atoms with Gasteiger partial charge < -0.3 is 9.13 Å². The summed E-state index contributed by atoms with van der Waals surface area (Å²) >= 11 is 0. The van der Waals surface area contributed by atoms with Gasteiger partial charge in [0.1, 0.15) is 0 Å². The van der Waals surface area contributed by atoms with Gasteiger partial charge >= 0.3 is 0 Å². The van der Waals surface area contributed by atoms with Gasteiger partial charge in [0.05, 0.1) is 22.1 Å². The van der Waals surface area contributed by atoms with Gasteiger partial charge in [-0.2, -0.15) is 0 Å². The first-order valence-corrected chi connectivity index (χ1v) is 19.7. The lowest BCUT2D eigenvalue weighted by Crippen LogP contribution is -2.01. The molecule has 11 rings (SSSR count). The van der Waals surface area contributed by atoms with Crippen LogP contribution in [0.1, 0.15) is 11.1 Å². The molecule has 11 aromatic rings. The SMILES string of the molecule is Cc1cc(-c2nc(-c3ccccc3)nc(-c3ccccc3)n2)c(C)cc1-c1ccc(-n2c3ccccc3c3cc(-n4c5ccccc5c5ccccc54)ccc32)cc1. The molecule has 5 nitrogen and oxygen atoms in total. The summed E-state index contributed by atoms with van der Waals surface area (Å²) in [6.07, 6.45) is 0. The van der Waals surface area contributed by atoms with E-state index in [2.05, 4.69) is 150 Å². The van der Waals surface area contributed by atoms with Crippen LogP contribution in [0.25, 0.3) is 100 Å². The Hall–Kier alpha value is -7.63. The average molecular weight is 744 g/mol. The number of nitrogens with zero attached hydrogens (tertiary/aromatic N) is 5. The van der Waals surface area contributed by atoms with Crippen LogP contribution in [0.2, 0.25) is 0 Å². The molecule has 274 valence electrons. The second-order valence-corrected chi connectivity index (χ2v) is 15.0. The van der Waals surface area contributed by atoms with Crippen molar-refractivity contribution in [2.45, 2.75) is 13.8 Å². The molecule has 8 aromatic carbocycles. The molecule has 0 N–H and O–H groups in total. The summed E-state index contributed by atoms with van der Waals surface area (Å²) in [4.78, 5) is 14.9. The molecule has 0 saturated carbocycles. The molecule has 0 saturated heterocycles. The number of fused-ring (bicyclic) bond motifs is 6. The Labute approximate surface area is 336 Å². The van der Waals surface area contributed by atoms with E-state index in [1.54, 1.807) is 0 Å². The molecular formula is C53H37N5. The summed E-state index contributed by atoms with van der Waals surface area (Å²) < 4.78 is 4.78. The molecule has 58 heavy (non-hydrogen) atoms. The zero-order chi connectivity index (χ0) is 38.7. The highest BCUT2D eigenvalue weighted by Crippen LogP contribution is 2.38. The Morgan fingerprint density at radius 3 is 1.29 bits per heavy atom. The van der Waals surface area contributed by atoms with Gasteiger partial charge in [-0.1, -0.05) is 133 Å². The normalized spacial score (nSPS) is 11.6. The third-order valence-corrected chi connectivity index (χ3v) is 11.4. The lowest BCUT2D eigenvalue weighted by molar-refractivity contribution is 1.07. The van der Waals surface area contributed by atoms with E-state index in [4.69, 9.17) is 15.0 Å².